The van der Waals surface area contributed by atoms with Crippen LogP contribution in [0.5, 0.6) is 0 Å². The van der Waals surface area contributed by atoms with Crippen LogP contribution in [0.4, 0.5) is 17.5 Å². The van der Waals surface area contributed by atoms with Gasteiger partial charge in [0.2, 0.25) is 5.95 Å². The van der Waals surface area contributed by atoms with Crippen molar-refractivity contribution in [3.8, 4) is 0 Å². The highest BCUT2D eigenvalue weighted by Gasteiger charge is 2.24. The minimum Gasteiger partial charge on any atom is -0.330 e. The smallest absolute Gasteiger partial charge is 0.229 e. The van der Waals surface area contributed by atoms with E-state index in [1.165, 1.54) is 0 Å². The summed E-state index contributed by atoms with van der Waals surface area (Å²) in [4.78, 5) is 15.4. The van der Waals surface area contributed by atoms with Crippen molar-refractivity contribution in [1.29, 1.82) is 0 Å². The van der Waals surface area contributed by atoms with E-state index in [4.69, 9.17) is 38.8 Å². The first-order valence-electron chi connectivity index (χ1n) is 10.6. The van der Waals surface area contributed by atoms with Gasteiger partial charge in [-0.2, -0.15) is 4.98 Å². The van der Waals surface area contributed by atoms with Crippen LogP contribution in [0.2, 0.25) is 10.0 Å². The number of fused-ring (bicyclic) bond motifs is 1. The molecular formula is C24H25Cl2N5O. The van der Waals surface area contributed by atoms with Crippen molar-refractivity contribution in [2.45, 2.75) is 19.3 Å². The van der Waals surface area contributed by atoms with Crippen LogP contribution in [-0.2, 0) is 4.84 Å². The van der Waals surface area contributed by atoms with Gasteiger partial charge < -0.3 is 11.1 Å². The third-order valence-electron chi connectivity index (χ3n) is 5.09. The van der Waals surface area contributed by atoms with Crippen molar-refractivity contribution >= 4 is 52.3 Å². The first-order chi connectivity index (χ1) is 15.7. The number of hydrogen-bond donors (Lipinski definition) is 2. The van der Waals surface area contributed by atoms with Gasteiger partial charge in [0, 0.05) is 33.1 Å². The van der Waals surface area contributed by atoms with Gasteiger partial charge in [-0.05, 0) is 61.7 Å². The highest BCUT2D eigenvalue weighted by atomic mass is 35.5. The quantitative estimate of drug-likeness (QED) is 0.377. The number of aromatic nitrogens is 2. The normalized spacial score (nSPS) is 13.0. The van der Waals surface area contributed by atoms with Gasteiger partial charge in [0.05, 0.1) is 13.2 Å². The molecule has 1 aromatic heterocycles. The SMILES string of the molecule is NCCCCCON1CC(c2c(Cl)cccc2Cl)=Cc2cnc(Nc3ccccc3)nc21. The molecule has 6 nitrogen and oxygen atoms in total. The minimum absolute atomic E-state index is 0.467. The Balaban J connectivity index is 1.64. The highest BCUT2D eigenvalue weighted by molar-refractivity contribution is 6.38. The van der Waals surface area contributed by atoms with E-state index in [1.807, 2.05) is 54.6 Å². The number of nitrogens with one attached hydrogen (secondary N) is 1. The molecule has 1 aliphatic rings. The number of nitrogens with zero attached hydrogens (tertiary/aromatic N) is 3. The molecule has 0 saturated carbocycles. The summed E-state index contributed by atoms with van der Waals surface area (Å²) in [6.45, 7) is 1.72. The molecule has 8 heteroatoms. The van der Waals surface area contributed by atoms with Gasteiger partial charge in [-0.25, -0.2) is 10.0 Å². The summed E-state index contributed by atoms with van der Waals surface area (Å²) in [6.07, 6.45) is 6.70. The Morgan fingerprint density at radius 2 is 1.78 bits per heavy atom. The van der Waals surface area contributed by atoms with Crippen LogP contribution in [0, 0.1) is 0 Å². The Bertz CT molecular complexity index is 1070. The van der Waals surface area contributed by atoms with Gasteiger partial charge in [0.15, 0.2) is 5.82 Å². The predicted molar refractivity (Wildman–Crippen MR) is 132 cm³/mol. The lowest BCUT2D eigenvalue weighted by Crippen LogP contribution is -2.30. The van der Waals surface area contributed by atoms with Crippen LogP contribution in [0.3, 0.4) is 0 Å². The van der Waals surface area contributed by atoms with Crippen LogP contribution in [0.25, 0.3) is 11.6 Å². The summed E-state index contributed by atoms with van der Waals surface area (Å²) < 4.78 is 0. The maximum absolute atomic E-state index is 6.48. The molecule has 32 heavy (non-hydrogen) atoms. The van der Waals surface area contributed by atoms with Crippen LogP contribution >= 0.6 is 23.2 Å². The Hall–Kier alpha value is -2.64. The zero-order valence-electron chi connectivity index (χ0n) is 17.6. The number of nitrogens with two attached hydrogens (primary N) is 1. The van der Waals surface area contributed by atoms with E-state index in [0.717, 1.165) is 41.6 Å². The van der Waals surface area contributed by atoms with Crippen molar-refractivity contribution in [2.75, 3.05) is 30.1 Å². The number of para-hydroxylation sites is 1. The number of rotatable bonds is 9. The number of halogens is 2. The van der Waals surface area contributed by atoms with Crippen LogP contribution in [0.1, 0.15) is 30.4 Å². The second kappa shape index (κ2) is 10.8. The fourth-order valence-electron chi connectivity index (χ4n) is 3.52. The van der Waals surface area contributed by atoms with Gasteiger partial charge in [0.1, 0.15) is 0 Å². The van der Waals surface area contributed by atoms with E-state index in [1.54, 1.807) is 11.3 Å². The first kappa shape index (κ1) is 22.6. The Labute approximate surface area is 198 Å². The van der Waals surface area contributed by atoms with Gasteiger partial charge in [-0.15, -0.1) is 0 Å². The fraction of sp³-hybridized carbons (Fsp3) is 0.250. The van der Waals surface area contributed by atoms with Gasteiger partial charge in [-0.3, -0.25) is 4.84 Å². The minimum atomic E-state index is 0.467. The van der Waals surface area contributed by atoms with E-state index in [2.05, 4.69) is 10.3 Å². The van der Waals surface area contributed by atoms with Gasteiger partial charge >= 0.3 is 0 Å². The van der Waals surface area contributed by atoms with Crippen LogP contribution in [0.15, 0.2) is 54.7 Å². The van der Waals surface area contributed by atoms with E-state index in [-0.39, 0.29) is 0 Å². The first-order valence-corrected chi connectivity index (χ1v) is 11.4. The van der Waals surface area contributed by atoms with E-state index < -0.39 is 0 Å². The Kier molecular flexibility index (Phi) is 7.60. The summed E-state index contributed by atoms with van der Waals surface area (Å²) in [5.74, 6) is 1.20. The Morgan fingerprint density at radius 1 is 1.00 bits per heavy atom. The largest absolute Gasteiger partial charge is 0.330 e. The topological polar surface area (TPSA) is 76.3 Å². The maximum atomic E-state index is 6.48. The molecule has 1 aliphatic heterocycles. The fourth-order valence-corrected chi connectivity index (χ4v) is 4.16. The van der Waals surface area contributed by atoms with Crippen molar-refractivity contribution < 1.29 is 4.84 Å². The summed E-state index contributed by atoms with van der Waals surface area (Å²) in [5.41, 5.74) is 9.09. The second-order valence-corrected chi connectivity index (χ2v) is 8.26. The maximum Gasteiger partial charge on any atom is 0.229 e. The molecule has 2 aromatic carbocycles. The van der Waals surface area contributed by atoms with E-state index in [9.17, 15) is 0 Å². The number of anilines is 3. The summed E-state index contributed by atoms with van der Waals surface area (Å²) in [5, 5.41) is 6.23. The molecule has 2 heterocycles. The third kappa shape index (κ3) is 5.40. The zero-order valence-corrected chi connectivity index (χ0v) is 19.1. The molecule has 3 N–H and O–H groups in total. The van der Waals surface area contributed by atoms with Crippen molar-refractivity contribution in [3.63, 3.8) is 0 Å². The van der Waals surface area contributed by atoms with Crippen molar-refractivity contribution in [2.24, 2.45) is 5.73 Å². The molecule has 0 aliphatic carbocycles. The molecule has 0 bridgehead atoms. The number of hydrogen-bond acceptors (Lipinski definition) is 6. The Morgan fingerprint density at radius 3 is 2.53 bits per heavy atom. The highest BCUT2D eigenvalue weighted by Crippen LogP contribution is 2.38. The number of unbranched alkanes of at least 4 members (excludes halogenated alkanes) is 2. The van der Waals surface area contributed by atoms with E-state index in [0.29, 0.717) is 41.5 Å². The van der Waals surface area contributed by atoms with Gasteiger partial charge in [0.25, 0.3) is 0 Å². The van der Waals surface area contributed by atoms with E-state index >= 15 is 0 Å². The average molecular weight is 470 g/mol. The molecule has 3 aromatic rings. The second-order valence-electron chi connectivity index (χ2n) is 7.45. The molecule has 0 spiro atoms. The standard InChI is InChI=1S/C24H25Cl2N5O/c25-20-10-7-11-21(26)22(20)18-14-17-15-28-24(29-19-8-3-1-4-9-19)30-23(17)31(16-18)32-13-6-2-5-12-27/h1,3-4,7-11,14-15H,2,5-6,12-13,16,27H2,(H,28,29,30). The molecule has 0 amide bonds. The third-order valence-corrected chi connectivity index (χ3v) is 5.72. The summed E-state index contributed by atoms with van der Waals surface area (Å²) in [6, 6.07) is 15.3. The summed E-state index contributed by atoms with van der Waals surface area (Å²) >= 11 is 13.0. The molecule has 166 valence electrons. The predicted octanol–water partition coefficient (Wildman–Crippen LogP) is 5.95. The van der Waals surface area contributed by atoms with Gasteiger partial charge in [-0.1, -0.05) is 47.5 Å². The van der Waals surface area contributed by atoms with Crippen LogP contribution in [-0.4, -0.2) is 29.7 Å². The molecule has 0 saturated heterocycles. The summed E-state index contributed by atoms with van der Waals surface area (Å²) in [7, 11) is 0. The molecule has 4 rings (SSSR count). The molecule has 0 unspecified atom stereocenters. The lowest BCUT2D eigenvalue weighted by Gasteiger charge is -2.30. The zero-order chi connectivity index (χ0) is 22.3. The lowest BCUT2D eigenvalue weighted by atomic mass is 10.0. The van der Waals surface area contributed by atoms with Crippen molar-refractivity contribution in [1.82, 2.24) is 9.97 Å². The average Bonchev–Trinajstić information content (AvgIpc) is 2.80. The van der Waals surface area contributed by atoms with Crippen molar-refractivity contribution in [3.05, 3.63) is 75.9 Å². The molecule has 0 fully saturated rings. The monoisotopic (exact) mass is 469 g/mol. The number of benzene rings is 2. The lowest BCUT2D eigenvalue weighted by molar-refractivity contribution is 0.109. The number of hydroxylamine groups is 1. The van der Waals surface area contributed by atoms with Crippen LogP contribution < -0.4 is 16.1 Å². The molecule has 0 radical (unpaired) electrons. The molecular weight excluding hydrogens is 445 g/mol. The molecule has 0 atom stereocenters.